The Morgan fingerprint density at radius 1 is 1.14 bits per heavy atom. The van der Waals surface area contributed by atoms with E-state index < -0.39 is 0 Å². The smallest absolute Gasteiger partial charge is 0.224 e. The minimum atomic E-state index is 0.121. The molecule has 0 aromatic heterocycles. The largest absolute Gasteiger partial charge is 0.355 e. The fraction of sp³-hybridized carbons (Fsp3) is 0.611. The maximum atomic E-state index is 12.1. The van der Waals surface area contributed by atoms with E-state index in [9.17, 15) is 4.79 Å². The summed E-state index contributed by atoms with van der Waals surface area (Å²) in [5, 5.41) is 3.86. The number of piperidine rings is 2. The van der Waals surface area contributed by atoms with Crippen LogP contribution in [0.25, 0.3) is 0 Å². The van der Waals surface area contributed by atoms with Crippen molar-refractivity contribution in [1.82, 2.24) is 10.2 Å². The second-order valence-corrected chi connectivity index (χ2v) is 7.05. The number of benzene rings is 1. The third kappa shape index (κ3) is 4.02. The van der Waals surface area contributed by atoms with Gasteiger partial charge in [0.2, 0.25) is 5.91 Å². The van der Waals surface area contributed by atoms with Gasteiger partial charge in [0.25, 0.3) is 0 Å². The van der Waals surface area contributed by atoms with Gasteiger partial charge in [0.15, 0.2) is 0 Å². The molecule has 120 valence electrons. The number of hydrogen-bond donors (Lipinski definition) is 1. The normalized spacial score (nSPS) is 25.5. The number of nitrogens with zero attached hydrogens (tertiary/aromatic N) is 1. The number of carbonyl (C=O) groups is 1. The van der Waals surface area contributed by atoms with Gasteiger partial charge in [-0.2, -0.15) is 0 Å². The van der Waals surface area contributed by atoms with Gasteiger partial charge in [-0.15, -0.1) is 0 Å². The molecular formula is C18H25ClN2O. The summed E-state index contributed by atoms with van der Waals surface area (Å²) < 4.78 is 0. The fourth-order valence-corrected chi connectivity index (χ4v) is 4.04. The zero-order valence-electron chi connectivity index (χ0n) is 13.1. The van der Waals surface area contributed by atoms with Crippen LogP contribution >= 0.6 is 11.6 Å². The Morgan fingerprint density at radius 3 is 2.73 bits per heavy atom. The Balaban J connectivity index is 1.48. The van der Waals surface area contributed by atoms with Crippen molar-refractivity contribution >= 4 is 17.5 Å². The highest BCUT2D eigenvalue weighted by Crippen LogP contribution is 2.30. The first kappa shape index (κ1) is 15.8. The number of nitrogens with one attached hydrogen (secondary N) is 1. The Morgan fingerprint density at radius 2 is 1.91 bits per heavy atom. The molecular weight excluding hydrogens is 296 g/mol. The summed E-state index contributed by atoms with van der Waals surface area (Å²) >= 11 is 5.87. The first-order valence-corrected chi connectivity index (χ1v) is 8.85. The van der Waals surface area contributed by atoms with E-state index in [1.165, 1.54) is 45.2 Å². The van der Waals surface area contributed by atoms with Crippen LogP contribution < -0.4 is 5.32 Å². The lowest BCUT2D eigenvalue weighted by atomic mass is 9.83. The van der Waals surface area contributed by atoms with E-state index in [1.807, 2.05) is 24.3 Å². The Labute approximate surface area is 138 Å². The van der Waals surface area contributed by atoms with Crippen LogP contribution in [0.1, 0.15) is 37.7 Å². The van der Waals surface area contributed by atoms with Gasteiger partial charge in [0.1, 0.15) is 0 Å². The average Bonchev–Trinajstić information content (AvgIpc) is 2.55. The van der Waals surface area contributed by atoms with Gasteiger partial charge in [-0.05, 0) is 62.4 Å². The fourth-order valence-electron chi connectivity index (χ4n) is 3.91. The van der Waals surface area contributed by atoms with Crippen LogP contribution in [-0.2, 0) is 11.2 Å². The van der Waals surface area contributed by atoms with Gasteiger partial charge in [0, 0.05) is 17.6 Å². The zero-order valence-corrected chi connectivity index (χ0v) is 13.8. The molecule has 2 saturated heterocycles. The van der Waals surface area contributed by atoms with E-state index >= 15 is 0 Å². The summed E-state index contributed by atoms with van der Waals surface area (Å²) in [6.07, 6.45) is 6.95. The van der Waals surface area contributed by atoms with Crippen molar-refractivity contribution in [3.8, 4) is 0 Å². The van der Waals surface area contributed by atoms with Crippen molar-refractivity contribution in [2.75, 3.05) is 19.6 Å². The lowest BCUT2D eigenvalue weighted by Crippen LogP contribution is -2.51. The van der Waals surface area contributed by atoms with Crippen LogP contribution in [0.4, 0.5) is 0 Å². The van der Waals surface area contributed by atoms with Crippen molar-refractivity contribution in [3.63, 3.8) is 0 Å². The summed E-state index contributed by atoms with van der Waals surface area (Å²) in [6, 6.07) is 8.21. The molecule has 0 radical (unpaired) electrons. The first-order chi connectivity index (χ1) is 10.7. The molecule has 1 aromatic rings. The van der Waals surface area contributed by atoms with E-state index in [2.05, 4.69) is 10.2 Å². The van der Waals surface area contributed by atoms with Gasteiger partial charge in [0.05, 0.1) is 6.42 Å². The molecule has 2 aliphatic heterocycles. The number of carbonyl (C=O) groups excluding carboxylic acids is 1. The molecule has 1 unspecified atom stereocenters. The topological polar surface area (TPSA) is 32.3 Å². The quantitative estimate of drug-likeness (QED) is 0.923. The van der Waals surface area contributed by atoms with Gasteiger partial charge < -0.3 is 10.2 Å². The van der Waals surface area contributed by atoms with E-state index in [0.717, 1.165) is 12.1 Å². The first-order valence-electron chi connectivity index (χ1n) is 8.47. The van der Waals surface area contributed by atoms with E-state index in [1.54, 1.807) is 0 Å². The second-order valence-electron chi connectivity index (χ2n) is 6.61. The monoisotopic (exact) mass is 320 g/mol. The molecule has 22 heavy (non-hydrogen) atoms. The predicted molar refractivity (Wildman–Crippen MR) is 90.1 cm³/mol. The highest BCUT2D eigenvalue weighted by atomic mass is 35.5. The van der Waals surface area contributed by atoms with Crippen LogP contribution in [0.5, 0.6) is 0 Å². The summed E-state index contributed by atoms with van der Waals surface area (Å²) in [4.78, 5) is 14.8. The standard InChI is InChI=1S/C18H25ClN2O/c19-16-8-6-14(7-9-16)12-18(22)20-13-15-4-3-11-21-10-2-1-5-17(15)21/h6-9,15,17H,1-5,10-13H2,(H,20,22)/t15-,17?/m0/s1. The zero-order chi connectivity index (χ0) is 15.4. The van der Waals surface area contributed by atoms with Crippen LogP contribution in [0.2, 0.25) is 5.02 Å². The van der Waals surface area contributed by atoms with Crippen LogP contribution in [0, 0.1) is 5.92 Å². The molecule has 0 bridgehead atoms. The van der Waals surface area contributed by atoms with E-state index in [4.69, 9.17) is 11.6 Å². The molecule has 1 amide bonds. The summed E-state index contributed by atoms with van der Waals surface area (Å²) in [7, 11) is 0. The number of amides is 1. The molecule has 0 spiro atoms. The second kappa shape index (κ2) is 7.47. The number of halogens is 1. The number of rotatable bonds is 4. The lowest BCUT2D eigenvalue weighted by Gasteiger charge is -2.44. The SMILES string of the molecule is O=C(Cc1ccc(Cl)cc1)NC[C@@H]1CCCN2CCCCC12. The molecule has 3 rings (SSSR count). The minimum Gasteiger partial charge on any atom is -0.355 e. The maximum Gasteiger partial charge on any atom is 0.224 e. The van der Waals surface area contributed by atoms with Crippen molar-refractivity contribution in [3.05, 3.63) is 34.9 Å². The molecule has 0 saturated carbocycles. The van der Waals surface area contributed by atoms with E-state index in [-0.39, 0.29) is 5.91 Å². The average molecular weight is 321 g/mol. The van der Waals surface area contributed by atoms with Crippen LogP contribution in [0.15, 0.2) is 24.3 Å². The maximum absolute atomic E-state index is 12.1. The third-order valence-electron chi connectivity index (χ3n) is 5.07. The minimum absolute atomic E-state index is 0.121. The lowest BCUT2D eigenvalue weighted by molar-refractivity contribution is -0.120. The molecule has 0 aliphatic carbocycles. The summed E-state index contributed by atoms with van der Waals surface area (Å²) in [5.41, 5.74) is 1.02. The van der Waals surface area contributed by atoms with Gasteiger partial charge >= 0.3 is 0 Å². The number of fused-ring (bicyclic) bond motifs is 1. The predicted octanol–water partition coefficient (Wildman–Crippen LogP) is 3.26. The molecule has 2 heterocycles. The summed E-state index contributed by atoms with van der Waals surface area (Å²) in [6.45, 7) is 3.33. The Bertz CT molecular complexity index is 500. The van der Waals surface area contributed by atoms with Crippen molar-refractivity contribution < 1.29 is 4.79 Å². The molecule has 4 heteroatoms. The third-order valence-corrected chi connectivity index (χ3v) is 5.32. The highest BCUT2D eigenvalue weighted by molar-refractivity contribution is 6.30. The number of hydrogen-bond acceptors (Lipinski definition) is 2. The molecule has 2 atom stereocenters. The van der Waals surface area contributed by atoms with Gasteiger partial charge in [-0.1, -0.05) is 30.2 Å². The van der Waals surface area contributed by atoms with Gasteiger partial charge in [-0.3, -0.25) is 4.79 Å². The molecule has 3 nitrogen and oxygen atoms in total. The van der Waals surface area contributed by atoms with Gasteiger partial charge in [-0.25, -0.2) is 0 Å². The Kier molecular flexibility index (Phi) is 5.37. The summed E-state index contributed by atoms with van der Waals surface area (Å²) in [5.74, 6) is 0.749. The van der Waals surface area contributed by atoms with Crippen molar-refractivity contribution in [2.45, 2.75) is 44.6 Å². The molecule has 2 aliphatic rings. The van der Waals surface area contributed by atoms with Crippen molar-refractivity contribution in [2.24, 2.45) is 5.92 Å². The van der Waals surface area contributed by atoms with Crippen LogP contribution in [0.3, 0.4) is 0 Å². The molecule has 2 fully saturated rings. The van der Waals surface area contributed by atoms with Crippen molar-refractivity contribution in [1.29, 1.82) is 0 Å². The molecule has 1 N–H and O–H groups in total. The molecule has 1 aromatic carbocycles. The van der Waals surface area contributed by atoms with Crippen LogP contribution in [-0.4, -0.2) is 36.5 Å². The van der Waals surface area contributed by atoms with E-state index in [0.29, 0.717) is 23.4 Å². The Hall–Kier alpha value is -1.06. The highest BCUT2D eigenvalue weighted by Gasteiger charge is 2.32.